The number of amides is 1. The molecule has 3 aliphatic rings. The van der Waals surface area contributed by atoms with Gasteiger partial charge in [0.15, 0.2) is 0 Å². The molecule has 3 N–H and O–H groups in total. The molecule has 1 spiro atoms. The van der Waals surface area contributed by atoms with Gasteiger partial charge in [-0.05, 0) is 64.7 Å². The van der Waals surface area contributed by atoms with Crippen molar-refractivity contribution in [1.29, 1.82) is 0 Å². The number of hydrogen-bond donors (Lipinski definition) is 3. The zero-order chi connectivity index (χ0) is 36.9. The summed E-state index contributed by atoms with van der Waals surface area (Å²) in [6.45, 7) is 15.7. The maximum Gasteiger partial charge on any atom is 0.407 e. The predicted molar refractivity (Wildman–Crippen MR) is 190 cm³/mol. The average Bonchev–Trinajstić information content (AvgIpc) is 3.98. The van der Waals surface area contributed by atoms with Crippen molar-refractivity contribution in [3.8, 4) is 0 Å². The summed E-state index contributed by atoms with van der Waals surface area (Å²) < 4.78 is 29.9. The highest BCUT2D eigenvalue weighted by Crippen LogP contribution is 2.59. The number of methoxy groups -OCH3 is 1. The normalized spacial score (nSPS) is 28.2. The van der Waals surface area contributed by atoms with Crippen molar-refractivity contribution in [1.82, 2.24) is 16.2 Å². The first-order valence-corrected chi connectivity index (χ1v) is 18.8. The van der Waals surface area contributed by atoms with E-state index in [-0.39, 0.29) is 78.8 Å². The topological polar surface area (TPSA) is 157 Å². The van der Waals surface area contributed by atoms with Crippen LogP contribution in [0.1, 0.15) is 113 Å². The van der Waals surface area contributed by atoms with Crippen molar-refractivity contribution in [3.63, 3.8) is 0 Å². The molecule has 12 heteroatoms. The largest absolute Gasteiger partial charge is 0.460 e. The second-order valence-corrected chi connectivity index (χ2v) is 15.6. The van der Waals surface area contributed by atoms with Gasteiger partial charge in [0.05, 0.1) is 44.2 Å². The first kappa shape index (κ1) is 42.0. The summed E-state index contributed by atoms with van der Waals surface area (Å²) in [5, 5.41) is 2.81. The first-order valence-electron chi connectivity index (χ1n) is 18.8. The van der Waals surface area contributed by atoms with Gasteiger partial charge < -0.3 is 33.8 Å². The van der Waals surface area contributed by atoms with Gasteiger partial charge in [-0.3, -0.25) is 9.59 Å². The van der Waals surface area contributed by atoms with E-state index in [0.717, 1.165) is 51.2 Å². The molecule has 8 atom stereocenters. The Morgan fingerprint density at radius 1 is 1.02 bits per heavy atom. The Bertz CT molecular complexity index is 1140. The van der Waals surface area contributed by atoms with Crippen LogP contribution in [0.5, 0.6) is 0 Å². The molecule has 0 radical (unpaired) electrons. The van der Waals surface area contributed by atoms with Crippen molar-refractivity contribution >= 4 is 24.1 Å². The van der Waals surface area contributed by atoms with Crippen molar-refractivity contribution in [2.75, 3.05) is 33.4 Å². The highest BCUT2D eigenvalue weighted by atomic mass is 16.6. The van der Waals surface area contributed by atoms with Gasteiger partial charge in [0.1, 0.15) is 35.5 Å². The summed E-state index contributed by atoms with van der Waals surface area (Å²) in [4.78, 5) is 48.7. The third-order valence-electron chi connectivity index (χ3n) is 10.6. The molecular weight excluding hydrogens is 642 g/mol. The summed E-state index contributed by atoms with van der Waals surface area (Å²) in [7, 11) is 1.67. The van der Waals surface area contributed by atoms with Crippen LogP contribution in [-0.4, -0.2) is 93.1 Å². The van der Waals surface area contributed by atoms with Gasteiger partial charge in [-0.1, -0.05) is 58.6 Å². The van der Waals surface area contributed by atoms with Crippen LogP contribution in [0.15, 0.2) is 11.6 Å². The monoisotopic (exact) mass is 707 g/mol. The van der Waals surface area contributed by atoms with Crippen molar-refractivity contribution in [2.45, 2.75) is 148 Å². The van der Waals surface area contributed by atoms with Gasteiger partial charge in [0, 0.05) is 26.0 Å². The fourth-order valence-corrected chi connectivity index (χ4v) is 7.10. The Kier molecular flexibility index (Phi) is 16.8. The predicted octanol–water partition coefficient (Wildman–Crippen LogP) is 5.22. The van der Waals surface area contributed by atoms with Gasteiger partial charge in [0.25, 0.3) is 0 Å². The number of hydrogen-bond acceptors (Lipinski definition) is 11. The molecule has 0 aromatic heterocycles. The van der Waals surface area contributed by atoms with Gasteiger partial charge in [-0.25, -0.2) is 15.6 Å². The molecule has 50 heavy (non-hydrogen) atoms. The molecule has 2 saturated heterocycles. The average molecular weight is 708 g/mol. The zero-order valence-corrected chi connectivity index (χ0v) is 31.8. The van der Waals surface area contributed by atoms with E-state index in [9.17, 15) is 19.2 Å². The molecule has 2 heterocycles. The van der Waals surface area contributed by atoms with E-state index in [2.05, 4.69) is 43.0 Å². The number of alkyl carbamates (subject to hydrolysis) is 1. The summed E-state index contributed by atoms with van der Waals surface area (Å²) in [5.74, 6) is -0.176. The van der Waals surface area contributed by atoms with Crippen LogP contribution in [0.25, 0.3) is 0 Å². The Hall–Kier alpha value is -2.38. The van der Waals surface area contributed by atoms with Gasteiger partial charge in [0.2, 0.25) is 0 Å². The molecule has 3 rings (SSSR count). The maximum atomic E-state index is 13.2. The molecule has 3 fully saturated rings. The second-order valence-electron chi connectivity index (χ2n) is 15.6. The number of Topliss-reactive ketones (excluding diaryl/α,β-unsaturated/α-hetero) is 1. The number of carbonyl (C=O) groups is 4. The van der Waals surface area contributed by atoms with Gasteiger partial charge in [-0.2, -0.15) is 0 Å². The number of carbonyl (C=O) groups excluding carboxylic acids is 4. The van der Waals surface area contributed by atoms with Crippen molar-refractivity contribution in [2.24, 2.45) is 23.7 Å². The number of unbranched alkanes of at least 4 members (excludes halogenated alkanes) is 4. The summed E-state index contributed by atoms with van der Waals surface area (Å²) >= 11 is 0. The lowest BCUT2D eigenvalue weighted by molar-refractivity contribution is -0.173. The van der Waals surface area contributed by atoms with E-state index in [1.54, 1.807) is 7.11 Å². The van der Waals surface area contributed by atoms with E-state index in [4.69, 9.17) is 23.7 Å². The van der Waals surface area contributed by atoms with Crippen LogP contribution < -0.4 is 16.2 Å². The lowest BCUT2D eigenvalue weighted by Gasteiger charge is -2.42. The summed E-state index contributed by atoms with van der Waals surface area (Å²) in [6, 6.07) is -0.316. The van der Waals surface area contributed by atoms with Gasteiger partial charge in [-0.15, -0.1) is 0 Å². The molecule has 2 aliphatic heterocycles. The number of nitrogens with one attached hydrogen (secondary N) is 3. The van der Waals surface area contributed by atoms with Crippen LogP contribution in [0.2, 0.25) is 0 Å². The second kappa shape index (κ2) is 20.0. The Labute approximate surface area is 299 Å². The number of rotatable bonds is 24. The molecule has 1 aliphatic carbocycles. The molecule has 286 valence electrons. The third kappa shape index (κ3) is 12.7. The van der Waals surface area contributed by atoms with Crippen LogP contribution >= 0.6 is 0 Å². The fourth-order valence-electron chi connectivity index (χ4n) is 7.10. The third-order valence-corrected chi connectivity index (χ3v) is 10.6. The smallest absolute Gasteiger partial charge is 0.407 e. The Morgan fingerprint density at radius 3 is 2.34 bits per heavy atom. The minimum atomic E-state index is -0.491. The molecule has 12 nitrogen and oxygen atoms in total. The number of aldehydes is 1. The van der Waals surface area contributed by atoms with E-state index >= 15 is 0 Å². The van der Waals surface area contributed by atoms with E-state index in [1.807, 2.05) is 27.7 Å². The number of esters is 1. The lowest BCUT2D eigenvalue weighted by Crippen LogP contribution is -2.55. The number of hydrazine groups is 1. The highest BCUT2D eigenvalue weighted by Gasteiger charge is 2.72. The zero-order valence-electron chi connectivity index (χ0n) is 31.8. The molecule has 4 unspecified atom stereocenters. The minimum absolute atomic E-state index is 0.0388. The number of ketones is 1. The quantitative estimate of drug-likeness (QED) is 0.0302. The first-order chi connectivity index (χ1) is 23.8. The van der Waals surface area contributed by atoms with E-state index < -0.39 is 17.8 Å². The maximum absolute atomic E-state index is 13.2. The van der Waals surface area contributed by atoms with Crippen LogP contribution in [-0.2, 0) is 38.1 Å². The minimum Gasteiger partial charge on any atom is -0.460 e. The van der Waals surface area contributed by atoms with Crippen LogP contribution in [0.3, 0.4) is 0 Å². The number of ether oxygens (including phenoxy) is 5. The lowest BCUT2D eigenvalue weighted by atomic mass is 9.68. The van der Waals surface area contributed by atoms with E-state index in [0.29, 0.717) is 26.0 Å². The van der Waals surface area contributed by atoms with Crippen molar-refractivity contribution < 1.29 is 42.9 Å². The number of allylic oxidation sites excluding steroid dienone is 1. The molecule has 0 aromatic rings. The van der Waals surface area contributed by atoms with Gasteiger partial charge >= 0.3 is 12.1 Å². The molecule has 0 aromatic carbocycles. The van der Waals surface area contributed by atoms with Crippen molar-refractivity contribution in [3.05, 3.63) is 11.6 Å². The van der Waals surface area contributed by atoms with E-state index in [1.165, 1.54) is 5.57 Å². The molecular formula is C38H65N3O9. The Balaban J connectivity index is 1.31. The summed E-state index contributed by atoms with van der Waals surface area (Å²) in [5.41, 5.74) is 6.30. The molecule has 0 bridgehead atoms. The Morgan fingerprint density at radius 2 is 1.72 bits per heavy atom. The highest BCUT2D eigenvalue weighted by molar-refractivity contribution is 5.80. The summed E-state index contributed by atoms with van der Waals surface area (Å²) in [6.07, 6.45) is 9.27. The van der Waals surface area contributed by atoms with Crippen LogP contribution in [0.4, 0.5) is 4.79 Å². The molecule has 1 amide bonds. The molecule has 1 saturated carbocycles. The number of epoxide rings is 2. The van der Waals surface area contributed by atoms with Crippen LogP contribution in [0, 0.1) is 23.7 Å². The fraction of sp³-hybridized carbons (Fsp3) is 0.842. The standard InChI is InChI=1S/C38H65N3O9/c1-25(2)15-16-32-37(7,50-32)35-34(46-8)31(17-18-38(35)24-48-38)49-33(44)20-28(26(3)4)23-47-36(45)39-19-13-11-9-10-12-14-29(43)21-40-41-30(22-42)27(5)6/h15,22,26-28,30-32,34-35,40-41H,9-14,16-21,23-24H2,1-8H3,(H,39,45)/t28-,30+,31?,32+,34?,35?,37?,38-/m0/s1. The SMILES string of the molecule is COC1C(OC(=O)C[C@@H](COC(=O)NCCCCCCCC(=O)CNN[C@H](C=O)C(C)C)C(C)C)CC[C@]2(CO2)C1C1(C)O[C@@H]1CC=C(C)C.